The van der Waals surface area contributed by atoms with Crippen molar-refractivity contribution in [2.24, 2.45) is 0 Å². The molecule has 0 aliphatic carbocycles. The highest BCUT2D eigenvalue weighted by atomic mass is 16.5. The van der Waals surface area contributed by atoms with Crippen LogP contribution in [0.3, 0.4) is 0 Å². The first-order chi connectivity index (χ1) is 9.96. The van der Waals surface area contributed by atoms with Crippen molar-refractivity contribution in [1.29, 1.82) is 0 Å². The molecule has 0 aromatic rings. The van der Waals surface area contributed by atoms with E-state index >= 15 is 0 Å². The van der Waals surface area contributed by atoms with E-state index < -0.39 is 24.5 Å². The number of carbonyl (C=O) groups excluding carboxylic acids is 2. The highest BCUT2D eigenvalue weighted by Gasteiger charge is 2.24. The van der Waals surface area contributed by atoms with Gasteiger partial charge in [0.05, 0.1) is 13.2 Å². The molecule has 2 amide bonds. The minimum atomic E-state index is -1.15. The number of ether oxygens (including phenoxy) is 2. The molecule has 0 radical (unpaired) electrons. The second kappa shape index (κ2) is 10.7. The molecule has 0 rings (SSSR count). The molecule has 0 fully saturated rings. The Morgan fingerprint density at radius 2 is 1.90 bits per heavy atom. The molecule has 0 aromatic heterocycles. The number of amides is 2. The van der Waals surface area contributed by atoms with Crippen LogP contribution in [0.15, 0.2) is 12.7 Å². The number of methoxy groups -OCH3 is 1. The number of hydrogen-bond donors (Lipinski definition) is 1. The normalized spacial score (nSPS) is 9.81. The van der Waals surface area contributed by atoms with Gasteiger partial charge >= 0.3 is 18.0 Å². The summed E-state index contributed by atoms with van der Waals surface area (Å²) in [6, 6.07) is -0.581. The monoisotopic (exact) mass is 302 g/mol. The molecule has 1 N–H and O–H groups in total. The van der Waals surface area contributed by atoms with Crippen LogP contribution in [0, 0.1) is 0 Å². The van der Waals surface area contributed by atoms with Gasteiger partial charge < -0.3 is 24.4 Å². The second-order valence-electron chi connectivity index (χ2n) is 4.06. The summed E-state index contributed by atoms with van der Waals surface area (Å²) in [5.74, 6) is -1.70. The van der Waals surface area contributed by atoms with Crippen LogP contribution in [0.25, 0.3) is 0 Å². The van der Waals surface area contributed by atoms with E-state index in [2.05, 4.69) is 6.58 Å². The Kier molecular flexibility index (Phi) is 9.61. The average Bonchev–Trinajstić information content (AvgIpc) is 2.42. The van der Waals surface area contributed by atoms with Crippen LogP contribution >= 0.6 is 0 Å². The van der Waals surface area contributed by atoms with E-state index in [4.69, 9.17) is 14.6 Å². The van der Waals surface area contributed by atoms with Gasteiger partial charge in [-0.15, -0.1) is 6.58 Å². The number of rotatable bonds is 10. The summed E-state index contributed by atoms with van der Waals surface area (Å²) >= 11 is 0. The zero-order chi connectivity index (χ0) is 16.3. The molecule has 8 heteroatoms. The smallest absolute Gasteiger partial charge is 0.325 e. The fourth-order valence-corrected chi connectivity index (χ4v) is 1.54. The number of esters is 1. The van der Waals surface area contributed by atoms with Crippen molar-refractivity contribution in [2.45, 2.75) is 6.92 Å². The molecule has 8 nitrogen and oxygen atoms in total. The Bertz CT molecular complexity index is 372. The summed E-state index contributed by atoms with van der Waals surface area (Å²) in [4.78, 5) is 36.9. The fraction of sp³-hybridized carbons (Fsp3) is 0.615. The van der Waals surface area contributed by atoms with E-state index in [-0.39, 0.29) is 32.8 Å². The van der Waals surface area contributed by atoms with E-state index in [0.717, 1.165) is 4.90 Å². The van der Waals surface area contributed by atoms with Gasteiger partial charge in [0.15, 0.2) is 0 Å². The van der Waals surface area contributed by atoms with Crippen molar-refractivity contribution in [3.05, 3.63) is 12.7 Å². The highest BCUT2D eigenvalue weighted by Crippen LogP contribution is 2.01. The van der Waals surface area contributed by atoms with Gasteiger partial charge in [-0.3, -0.25) is 9.59 Å². The SMILES string of the molecule is C=CCN(CC(=O)O)C(=O)N(CCOC)CC(=O)OCC. The summed E-state index contributed by atoms with van der Waals surface area (Å²) in [5.41, 5.74) is 0. The molecule has 0 atom stereocenters. The van der Waals surface area contributed by atoms with E-state index in [9.17, 15) is 14.4 Å². The van der Waals surface area contributed by atoms with Gasteiger partial charge in [-0.2, -0.15) is 0 Å². The number of hydrogen-bond acceptors (Lipinski definition) is 5. The lowest BCUT2D eigenvalue weighted by Crippen LogP contribution is -2.48. The van der Waals surface area contributed by atoms with Gasteiger partial charge in [-0.1, -0.05) is 6.08 Å². The Labute approximate surface area is 123 Å². The van der Waals surface area contributed by atoms with Gasteiger partial charge in [0.2, 0.25) is 0 Å². The molecule has 0 unspecified atom stereocenters. The molecule has 0 aliphatic rings. The van der Waals surface area contributed by atoms with Crippen molar-refractivity contribution in [1.82, 2.24) is 9.80 Å². The minimum absolute atomic E-state index is 0.0669. The quantitative estimate of drug-likeness (QED) is 0.457. The Hall–Kier alpha value is -2.09. The van der Waals surface area contributed by atoms with Gasteiger partial charge in [0.25, 0.3) is 0 Å². The predicted molar refractivity (Wildman–Crippen MR) is 74.9 cm³/mol. The van der Waals surface area contributed by atoms with Crippen LogP contribution in [-0.2, 0) is 19.1 Å². The molecule has 0 heterocycles. The third-order valence-electron chi connectivity index (χ3n) is 2.41. The Balaban J connectivity index is 4.89. The zero-order valence-electron chi connectivity index (χ0n) is 12.4. The van der Waals surface area contributed by atoms with E-state index in [1.54, 1.807) is 6.92 Å². The molecule has 0 aliphatic heterocycles. The first-order valence-electron chi connectivity index (χ1n) is 6.47. The van der Waals surface area contributed by atoms with Gasteiger partial charge in [0, 0.05) is 20.2 Å². The van der Waals surface area contributed by atoms with Crippen molar-refractivity contribution in [3.8, 4) is 0 Å². The third kappa shape index (κ3) is 7.93. The number of nitrogens with zero attached hydrogens (tertiary/aromatic N) is 2. The molecule has 0 bridgehead atoms. The number of carbonyl (C=O) groups is 3. The molecule has 0 aromatic carbocycles. The van der Waals surface area contributed by atoms with Crippen LogP contribution in [-0.4, -0.2) is 79.4 Å². The molecule has 120 valence electrons. The van der Waals surface area contributed by atoms with Crippen LogP contribution in [0.2, 0.25) is 0 Å². The first-order valence-corrected chi connectivity index (χ1v) is 6.47. The molecule has 21 heavy (non-hydrogen) atoms. The molecule has 0 saturated heterocycles. The zero-order valence-corrected chi connectivity index (χ0v) is 12.4. The standard InChI is InChI=1S/C13H22N2O6/c1-4-6-14(9-11(16)17)13(19)15(7-8-20-3)10-12(18)21-5-2/h4H,1,5-10H2,2-3H3,(H,16,17). The number of urea groups is 1. The maximum Gasteiger partial charge on any atom is 0.325 e. The van der Waals surface area contributed by atoms with Crippen LogP contribution in [0.5, 0.6) is 0 Å². The van der Waals surface area contributed by atoms with Crippen molar-refractivity contribution in [3.63, 3.8) is 0 Å². The number of carboxylic acids is 1. The minimum Gasteiger partial charge on any atom is -0.480 e. The third-order valence-corrected chi connectivity index (χ3v) is 2.41. The lowest BCUT2D eigenvalue weighted by Gasteiger charge is -2.28. The Morgan fingerprint density at radius 3 is 2.38 bits per heavy atom. The Morgan fingerprint density at radius 1 is 1.24 bits per heavy atom. The summed E-state index contributed by atoms with van der Waals surface area (Å²) in [7, 11) is 1.46. The van der Waals surface area contributed by atoms with Crippen LogP contribution in [0.1, 0.15) is 6.92 Å². The average molecular weight is 302 g/mol. The molecule has 0 saturated carbocycles. The lowest BCUT2D eigenvalue weighted by atomic mass is 10.4. The number of aliphatic carboxylic acids is 1. The van der Waals surface area contributed by atoms with Crippen LogP contribution in [0.4, 0.5) is 4.79 Å². The van der Waals surface area contributed by atoms with E-state index in [1.165, 1.54) is 18.1 Å². The molecular weight excluding hydrogens is 280 g/mol. The number of carboxylic acid groups (broad SMARTS) is 1. The summed E-state index contributed by atoms with van der Waals surface area (Å²) in [6.07, 6.45) is 1.42. The molecular formula is C13H22N2O6. The summed E-state index contributed by atoms with van der Waals surface area (Å²) in [5, 5.41) is 8.82. The van der Waals surface area contributed by atoms with Crippen molar-refractivity contribution in [2.75, 3.05) is 46.5 Å². The van der Waals surface area contributed by atoms with Crippen LogP contribution < -0.4 is 0 Å². The van der Waals surface area contributed by atoms with Crippen molar-refractivity contribution >= 4 is 18.0 Å². The topological polar surface area (TPSA) is 96.4 Å². The lowest BCUT2D eigenvalue weighted by molar-refractivity contribution is -0.143. The van der Waals surface area contributed by atoms with E-state index in [1.807, 2.05) is 0 Å². The van der Waals surface area contributed by atoms with Gasteiger partial charge in [-0.25, -0.2) is 4.79 Å². The summed E-state index contributed by atoms with van der Waals surface area (Å²) < 4.78 is 9.68. The van der Waals surface area contributed by atoms with Crippen molar-refractivity contribution < 1.29 is 29.0 Å². The fourth-order valence-electron chi connectivity index (χ4n) is 1.54. The van der Waals surface area contributed by atoms with Gasteiger partial charge in [-0.05, 0) is 6.92 Å². The van der Waals surface area contributed by atoms with E-state index in [0.29, 0.717) is 0 Å². The highest BCUT2D eigenvalue weighted by molar-refractivity contribution is 5.83. The maximum absolute atomic E-state index is 12.3. The molecule has 0 spiro atoms. The largest absolute Gasteiger partial charge is 0.480 e. The van der Waals surface area contributed by atoms with Gasteiger partial charge in [0.1, 0.15) is 13.1 Å². The maximum atomic E-state index is 12.3. The summed E-state index contributed by atoms with van der Waals surface area (Å²) in [6.45, 7) is 5.05. The first kappa shape index (κ1) is 18.9. The predicted octanol–water partition coefficient (Wildman–Crippen LogP) is 0.191. The second-order valence-corrected chi connectivity index (χ2v) is 4.06.